The maximum atomic E-state index is 11.7. The first-order valence-corrected chi connectivity index (χ1v) is 5.47. The molecule has 0 bridgehead atoms. The molecule has 0 aliphatic carbocycles. The third-order valence-electron chi connectivity index (χ3n) is 2.49. The van der Waals surface area contributed by atoms with Crippen molar-refractivity contribution in [3.8, 4) is 5.75 Å². The van der Waals surface area contributed by atoms with Gasteiger partial charge in [-0.15, -0.1) is 0 Å². The molecule has 2 rings (SSSR count). The van der Waals surface area contributed by atoms with Gasteiger partial charge in [0.15, 0.2) is 0 Å². The van der Waals surface area contributed by atoms with Crippen LogP contribution >= 0.6 is 0 Å². The topological polar surface area (TPSA) is 51.2 Å². The van der Waals surface area contributed by atoms with Crippen LogP contribution in [0.5, 0.6) is 5.75 Å². The summed E-state index contributed by atoms with van der Waals surface area (Å²) in [6, 6.07) is 7.45. The number of benzene rings is 1. The van der Waals surface area contributed by atoms with Gasteiger partial charge in [-0.3, -0.25) is 9.78 Å². The van der Waals surface area contributed by atoms with E-state index in [1.165, 1.54) is 0 Å². The summed E-state index contributed by atoms with van der Waals surface area (Å²) in [5.41, 5.74) is 1.33. The molecule has 0 aliphatic heterocycles. The average molecular weight is 230 g/mol. The Bertz CT molecular complexity index is 552. The van der Waals surface area contributed by atoms with E-state index in [1.807, 2.05) is 31.2 Å². The number of aromatic nitrogens is 1. The summed E-state index contributed by atoms with van der Waals surface area (Å²) in [6.07, 6.45) is 1.57. The van der Waals surface area contributed by atoms with Crippen LogP contribution in [0.1, 0.15) is 17.3 Å². The Balaban J connectivity index is 2.48. The van der Waals surface area contributed by atoms with Gasteiger partial charge in [0.2, 0.25) is 0 Å². The van der Waals surface area contributed by atoms with Gasteiger partial charge in [0.1, 0.15) is 11.3 Å². The standard InChI is InChI=1S/C13H14N2O2/c1-3-14-13(16)10-7-9-5-4-6-11(17-2)12(9)15-8-10/h4-8H,3H2,1-2H3,(H,14,16). The smallest absolute Gasteiger partial charge is 0.252 e. The van der Waals surface area contributed by atoms with Crippen molar-refractivity contribution >= 4 is 16.8 Å². The molecule has 1 aromatic heterocycles. The Morgan fingerprint density at radius 1 is 1.47 bits per heavy atom. The number of carbonyl (C=O) groups excluding carboxylic acids is 1. The molecule has 0 saturated heterocycles. The number of pyridine rings is 1. The number of carbonyl (C=O) groups is 1. The Labute approximate surface area is 99.6 Å². The summed E-state index contributed by atoms with van der Waals surface area (Å²) in [4.78, 5) is 15.9. The lowest BCUT2D eigenvalue weighted by molar-refractivity contribution is 0.0955. The Kier molecular flexibility index (Phi) is 3.23. The van der Waals surface area contributed by atoms with E-state index < -0.39 is 0 Å². The van der Waals surface area contributed by atoms with Gasteiger partial charge in [-0.25, -0.2) is 0 Å². The second-order valence-electron chi connectivity index (χ2n) is 3.62. The molecule has 4 heteroatoms. The van der Waals surface area contributed by atoms with Crippen LogP contribution in [0.4, 0.5) is 0 Å². The van der Waals surface area contributed by atoms with E-state index in [2.05, 4.69) is 10.3 Å². The molecule has 0 saturated carbocycles. The van der Waals surface area contributed by atoms with E-state index >= 15 is 0 Å². The van der Waals surface area contributed by atoms with E-state index in [9.17, 15) is 4.79 Å². The van der Waals surface area contributed by atoms with Crippen LogP contribution in [0.25, 0.3) is 10.9 Å². The monoisotopic (exact) mass is 230 g/mol. The van der Waals surface area contributed by atoms with Crippen molar-refractivity contribution in [3.05, 3.63) is 36.0 Å². The van der Waals surface area contributed by atoms with Gasteiger partial charge in [0.05, 0.1) is 12.7 Å². The predicted octanol–water partition coefficient (Wildman–Crippen LogP) is 1.99. The number of hydrogen-bond donors (Lipinski definition) is 1. The molecule has 17 heavy (non-hydrogen) atoms. The molecule has 0 fully saturated rings. The summed E-state index contributed by atoms with van der Waals surface area (Å²) < 4.78 is 5.21. The number of para-hydroxylation sites is 1. The van der Waals surface area contributed by atoms with E-state index in [0.29, 0.717) is 17.9 Å². The number of fused-ring (bicyclic) bond motifs is 1. The lowest BCUT2D eigenvalue weighted by Gasteiger charge is -2.06. The summed E-state index contributed by atoms with van der Waals surface area (Å²) in [7, 11) is 1.61. The van der Waals surface area contributed by atoms with Crippen molar-refractivity contribution in [1.29, 1.82) is 0 Å². The van der Waals surface area contributed by atoms with E-state index in [1.54, 1.807) is 13.3 Å². The van der Waals surface area contributed by atoms with Crippen LogP contribution in [0, 0.1) is 0 Å². The van der Waals surface area contributed by atoms with Crippen molar-refractivity contribution in [3.63, 3.8) is 0 Å². The largest absolute Gasteiger partial charge is 0.494 e. The molecule has 4 nitrogen and oxygen atoms in total. The van der Waals surface area contributed by atoms with E-state index in [-0.39, 0.29) is 5.91 Å². The number of amides is 1. The molecule has 1 N–H and O–H groups in total. The molecule has 0 radical (unpaired) electrons. The maximum Gasteiger partial charge on any atom is 0.252 e. The summed E-state index contributed by atoms with van der Waals surface area (Å²) in [5, 5.41) is 3.64. The van der Waals surface area contributed by atoms with E-state index in [0.717, 1.165) is 10.9 Å². The SMILES string of the molecule is CCNC(=O)c1cnc2c(OC)cccc2c1. The lowest BCUT2D eigenvalue weighted by atomic mass is 10.1. The Morgan fingerprint density at radius 2 is 2.29 bits per heavy atom. The van der Waals surface area contributed by atoms with E-state index in [4.69, 9.17) is 4.74 Å². The molecule has 1 aromatic carbocycles. The molecule has 2 aromatic rings. The fourth-order valence-electron chi connectivity index (χ4n) is 1.68. The zero-order valence-corrected chi connectivity index (χ0v) is 9.86. The molecule has 0 atom stereocenters. The number of rotatable bonds is 3. The Morgan fingerprint density at radius 3 is 3.00 bits per heavy atom. The van der Waals surface area contributed by atoms with Crippen LogP contribution in [-0.4, -0.2) is 24.5 Å². The number of nitrogens with zero attached hydrogens (tertiary/aromatic N) is 1. The number of ether oxygens (including phenoxy) is 1. The fraction of sp³-hybridized carbons (Fsp3) is 0.231. The third kappa shape index (κ3) is 2.20. The molecule has 1 amide bonds. The van der Waals surface area contributed by atoms with Gasteiger partial charge in [-0.1, -0.05) is 12.1 Å². The van der Waals surface area contributed by atoms with Gasteiger partial charge in [-0.05, 0) is 19.1 Å². The minimum atomic E-state index is -0.107. The van der Waals surface area contributed by atoms with Gasteiger partial charge < -0.3 is 10.1 Å². The Hall–Kier alpha value is -2.10. The van der Waals surface area contributed by atoms with Crippen LogP contribution in [0.3, 0.4) is 0 Å². The van der Waals surface area contributed by atoms with Gasteiger partial charge >= 0.3 is 0 Å². The highest BCUT2D eigenvalue weighted by Crippen LogP contribution is 2.23. The summed E-state index contributed by atoms with van der Waals surface area (Å²) >= 11 is 0. The van der Waals surface area contributed by atoms with Crippen LogP contribution < -0.4 is 10.1 Å². The van der Waals surface area contributed by atoms with Crippen LogP contribution in [0.15, 0.2) is 30.5 Å². The first kappa shape index (κ1) is 11.4. The van der Waals surface area contributed by atoms with Crippen molar-refractivity contribution in [2.45, 2.75) is 6.92 Å². The highest BCUT2D eigenvalue weighted by molar-refractivity contribution is 5.98. The predicted molar refractivity (Wildman–Crippen MR) is 66.3 cm³/mol. The number of hydrogen-bond acceptors (Lipinski definition) is 3. The first-order chi connectivity index (χ1) is 8.26. The minimum Gasteiger partial charge on any atom is -0.494 e. The van der Waals surface area contributed by atoms with Gasteiger partial charge in [0.25, 0.3) is 5.91 Å². The first-order valence-electron chi connectivity index (χ1n) is 5.47. The summed E-state index contributed by atoms with van der Waals surface area (Å²) in [5.74, 6) is 0.606. The molecule has 88 valence electrons. The molecular formula is C13H14N2O2. The van der Waals surface area contributed by atoms with Crippen molar-refractivity contribution < 1.29 is 9.53 Å². The maximum absolute atomic E-state index is 11.7. The number of nitrogens with one attached hydrogen (secondary N) is 1. The van der Waals surface area contributed by atoms with Crippen molar-refractivity contribution in [1.82, 2.24) is 10.3 Å². The summed E-state index contributed by atoms with van der Waals surface area (Å²) in [6.45, 7) is 2.49. The van der Waals surface area contributed by atoms with Gasteiger partial charge in [-0.2, -0.15) is 0 Å². The zero-order chi connectivity index (χ0) is 12.3. The second-order valence-corrected chi connectivity index (χ2v) is 3.62. The highest BCUT2D eigenvalue weighted by atomic mass is 16.5. The molecular weight excluding hydrogens is 216 g/mol. The quantitative estimate of drug-likeness (QED) is 0.877. The minimum absolute atomic E-state index is 0.107. The third-order valence-corrected chi connectivity index (χ3v) is 2.49. The zero-order valence-electron chi connectivity index (χ0n) is 9.86. The van der Waals surface area contributed by atoms with Crippen molar-refractivity contribution in [2.24, 2.45) is 0 Å². The van der Waals surface area contributed by atoms with Crippen molar-refractivity contribution in [2.75, 3.05) is 13.7 Å². The molecule has 0 spiro atoms. The van der Waals surface area contributed by atoms with Gasteiger partial charge in [0, 0.05) is 18.1 Å². The molecule has 0 aliphatic rings. The fourth-order valence-corrected chi connectivity index (χ4v) is 1.68. The average Bonchev–Trinajstić information content (AvgIpc) is 2.37. The number of methoxy groups -OCH3 is 1. The molecule has 1 heterocycles. The van der Waals surface area contributed by atoms with Crippen LogP contribution in [-0.2, 0) is 0 Å². The highest BCUT2D eigenvalue weighted by Gasteiger charge is 2.08. The molecule has 0 unspecified atom stereocenters. The normalized spacial score (nSPS) is 10.2. The van der Waals surface area contributed by atoms with Crippen LogP contribution in [0.2, 0.25) is 0 Å². The lowest BCUT2D eigenvalue weighted by Crippen LogP contribution is -2.22. The second kappa shape index (κ2) is 4.82.